The number of fused-ring (bicyclic) bond motifs is 1. The molecule has 96 valence electrons. The van der Waals surface area contributed by atoms with Crippen LogP contribution in [0.25, 0.3) is 0 Å². The molecule has 2 aliphatic carbocycles. The Balaban J connectivity index is 1.74. The number of rotatable bonds is 3. The number of aryl methyl sites for hydroxylation is 2. The Morgan fingerprint density at radius 2 is 2.00 bits per heavy atom. The number of nitrogens with two attached hydrogens (primary N) is 1. The normalized spacial score (nSPS) is 20.1. The molecule has 2 aliphatic rings. The van der Waals surface area contributed by atoms with E-state index in [0.29, 0.717) is 6.54 Å². The van der Waals surface area contributed by atoms with E-state index < -0.39 is 0 Å². The van der Waals surface area contributed by atoms with E-state index in [0.717, 1.165) is 31.4 Å². The first-order valence-corrected chi connectivity index (χ1v) is 6.87. The highest BCUT2D eigenvalue weighted by atomic mass is 16.2. The molecule has 1 fully saturated rings. The smallest absolute Gasteiger partial charge is 0.231 e. The van der Waals surface area contributed by atoms with Gasteiger partial charge in [0.25, 0.3) is 0 Å². The quantitative estimate of drug-likeness (QED) is 0.856. The van der Waals surface area contributed by atoms with Crippen LogP contribution in [0.4, 0.5) is 5.69 Å². The van der Waals surface area contributed by atoms with Crippen LogP contribution in [0.1, 0.15) is 36.8 Å². The summed E-state index contributed by atoms with van der Waals surface area (Å²) in [6.45, 7) is 0.462. The van der Waals surface area contributed by atoms with Crippen molar-refractivity contribution < 1.29 is 4.79 Å². The molecule has 0 saturated heterocycles. The summed E-state index contributed by atoms with van der Waals surface area (Å²) in [7, 11) is 0. The van der Waals surface area contributed by atoms with Crippen molar-refractivity contribution in [2.45, 2.75) is 38.5 Å². The Labute approximate surface area is 108 Å². The topological polar surface area (TPSA) is 55.1 Å². The summed E-state index contributed by atoms with van der Waals surface area (Å²) < 4.78 is 0. The number of benzene rings is 1. The molecular weight excluding hydrogens is 224 g/mol. The van der Waals surface area contributed by atoms with Crippen molar-refractivity contribution >= 4 is 11.6 Å². The van der Waals surface area contributed by atoms with Crippen molar-refractivity contribution in [3.63, 3.8) is 0 Å². The summed E-state index contributed by atoms with van der Waals surface area (Å²) in [6.07, 6.45) is 6.53. The predicted molar refractivity (Wildman–Crippen MR) is 72.4 cm³/mol. The second-order valence-corrected chi connectivity index (χ2v) is 5.63. The van der Waals surface area contributed by atoms with Crippen LogP contribution in [0.15, 0.2) is 18.2 Å². The SMILES string of the molecule is NCC1(C(=O)Nc2ccc3c(c2)CCC3)CCC1. The Morgan fingerprint density at radius 3 is 2.67 bits per heavy atom. The highest BCUT2D eigenvalue weighted by Crippen LogP contribution is 2.41. The van der Waals surface area contributed by atoms with Crippen LogP contribution in [-0.4, -0.2) is 12.5 Å². The second kappa shape index (κ2) is 4.39. The zero-order valence-electron chi connectivity index (χ0n) is 10.7. The van der Waals surface area contributed by atoms with Crippen molar-refractivity contribution in [1.82, 2.24) is 0 Å². The van der Waals surface area contributed by atoms with Crippen LogP contribution in [0.5, 0.6) is 0 Å². The summed E-state index contributed by atoms with van der Waals surface area (Å²) >= 11 is 0. The standard InChI is InChI=1S/C15H20N2O/c16-10-15(7-2-8-15)14(18)17-13-6-5-11-3-1-4-12(11)9-13/h5-6,9H,1-4,7-8,10,16H2,(H,17,18). The molecule has 0 atom stereocenters. The molecule has 1 aromatic carbocycles. The van der Waals surface area contributed by atoms with Crippen LogP contribution in [0.2, 0.25) is 0 Å². The molecule has 1 aromatic rings. The average Bonchev–Trinajstić information content (AvgIpc) is 2.75. The third-order valence-electron chi connectivity index (χ3n) is 4.54. The Hall–Kier alpha value is -1.35. The number of nitrogens with one attached hydrogen (secondary N) is 1. The molecule has 0 bridgehead atoms. The van der Waals surface area contributed by atoms with Gasteiger partial charge >= 0.3 is 0 Å². The van der Waals surface area contributed by atoms with Crippen molar-refractivity contribution in [2.24, 2.45) is 11.1 Å². The van der Waals surface area contributed by atoms with Gasteiger partial charge in [0.15, 0.2) is 0 Å². The van der Waals surface area contributed by atoms with Crippen LogP contribution in [-0.2, 0) is 17.6 Å². The molecule has 0 spiro atoms. The highest BCUT2D eigenvalue weighted by molar-refractivity contribution is 5.96. The zero-order chi connectivity index (χ0) is 12.6. The monoisotopic (exact) mass is 244 g/mol. The first kappa shape index (κ1) is 11.7. The minimum Gasteiger partial charge on any atom is -0.329 e. The lowest BCUT2D eigenvalue weighted by Gasteiger charge is -2.39. The van der Waals surface area contributed by atoms with Crippen molar-refractivity contribution in [3.05, 3.63) is 29.3 Å². The molecule has 0 unspecified atom stereocenters. The van der Waals surface area contributed by atoms with E-state index in [2.05, 4.69) is 17.4 Å². The summed E-state index contributed by atoms with van der Waals surface area (Å²) in [6, 6.07) is 6.29. The first-order chi connectivity index (χ1) is 8.73. The fraction of sp³-hybridized carbons (Fsp3) is 0.533. The number of carbonyl (C=O) groups is 1. The summed E-state index contributed by atoms with van der Waals surface area (Å²) in [5, 5.41) is 3.05. The van der Waals surface area contributed by atoms with E-state index in [4.69, 9.17) is 5.73 Å². The second-order valence-electron chi connectivity index (χ2n) is 5.63. The number of amides is 1. The molecule has 3 heteroatoms. The summed E-state index contributed by atoms with van der Waals surface area (Å²) in [5.74, 6) is 0.106. The van der Waals surface area contributed by atoms with Gasteiger partial charge in [-0.1, -0.05) is 12.5 Å². The molecule has 3 N–H and O–H groups in total. The minimum absolute atomic E-state index is 0.106. The lowest BCUT2D eigenvalue weighted by atomic mass is 9.68. The maximum absolute atomic E-state index is 12.3. The van der Waals surface area contributed by atoms with Gasteiger partial charge in [0, 0.05) is 12.2 Å². The molecule has 1 amide bonds. The predicted octanol–water partition coefficient (Wildman–Crippen LogP) is 2.24. The van der Waals surface area contributed by atoms with Crippen molar-refractivity contribution in [3.8, 4) is 0 Å². The first-order valence-electron chi connectivity index (χ1n) is 6.87. The highest BCUT2D eigenvalue weighted by Gasteiger charge is 2.42. The largest absolute Gasteiger partial charge is 0.329 e. The molecule has 3 nitrogen and oxygen atoms in total. The van der Waals surface area contributed by atoms with Gasteiger partial charge in [-0.2, -0.15) is 0 Å². The van der Waals surface area contributed by atoms with Crippen molar-refractivity contribution in [1.29, 1.82) is 0 Å². The Morgan fingerprint density at radius 1 is 1.22 bits per heavy atom. The number of hydrogen-bond acceptors (Lipinski definition) is 2. The number of anilines is 1. The Kier molecular flexibility index (Phi) is 2.86. The van der Waals surface area contributed by atoms with Crippen LogP contribution in [0, 0.1) is 5.41 Å². The maximum Gasteiger partial charge on any atom is 0.231 e. The molecule has 0 radical (unpaired) electrons. The van der Waals surface area contributed by atoms with E-state index in [1.165, 1.54) is 24.0 Å². The van der Waals surface area contributed by atoms with Crippen molar-refractivity contribution in [2.75, 3.05) is 11.9 Å². The van der Waals surface area contributed by atoms with E-state index >= 15 is 0 Å². The lowest BCUT2D eigenvalue weighted by molar-refractivity contribution is -0.129. The van der Waals surface area contributed by atoms with Crippen LogP contribution >= 0.6 is 0 Å². The summed E-state index contributed by atoms with van der Waals surface area (Å²) in [5.41, 5.74) is 9.22. The van der Waals surface area contributed by atoms with E-state index in [1.807, 2.05) is 6.07 Å². The molecular formula is C15H20N2O. The van der Waals surface area contributed by atoms with Gasteiger partial charge in [0.05, 0.1) is 5.41 Å². The molecule has 0 aromatic heterocycles. The van der Waals surface area contributed by atoms with Gasteiger partial charge in [-0.25, -0.2) is 0 Å². The lowest BCUT2D eigenvalue weighted by Crippen LogP contribution is -2.47. The third-order valence-corrected chi connectivity index (χ3v) is 4.54. The average molecular weight is 244 g/mol. The molecule has 1 saturated carbocycles. The van der Waals surface area contributed by atoms with Crippen LogP contribution < -0.4 is 11.1 Å². The zero-order valence-corrected chi connectivity index (χ0v) is 10.7. The van der Waals surface area contributed by atoms with Crippen LogP contribution in [0.3, 0.4) is 0 Å². The number of carbonyl (C=O) groups excluding carboxylic acids is 1. The van der Waals surface area contributed by atoms with Gasteiger partial charge in [-0.15, -0.1) is 0 Å². The number of hydrogen-bond donors (Lipinski definition) is 2. The van der Waals surface area contributed by atoms with Gasteiger partial charge in [-0.3, -0.25) is 4.79 Å². The fourth-order valence-corrected chi connectivity index (χ4v) is 3.04. The molecule has 3 rings (SSSR count). The van der Waals surface area contributed by atoms with Gasteiger partial charge in [0.1, 0.15) is 0 Å². The molecule has 18 heavy (non-hydrogen) atoms. The maximum atomic E-state index is 12.3. The van der Waals surface area contributed by atoms with Gasteiger partial charge in [0.2, 0.25) is 5.91 Å². The third kappa shape index (κ3) is 1.83. The summed E-state index contributed by atoms with van der Waals surface area (Å²) in [4.78, 5) is 12.3. The molecule has 0 heterocycles. The van der Waals surface area contributed by atoms with E-state index in [-0.39, 0.29) is 11.3 Å². The molecule has 0 aliphatic heterocycles. The Bertz CT molecular complexity index is 472. The van der Waals surface area contributed by atoms with Gasteiger partial charge < -0.3 is 11.1 Å². The minimum atomic E-state index is -0.293. The fourth-order valence-electron chi connectivity index (χ4n) is 3.04. The van der Waals surface area contributed by atoms with Gasteiger partial charge in [-0.05, 0) is 55.4 Å². The van der Waals surface area contributed by atoms with E-state index in [1.54, 1.807) is 0 Å². The van der Waals surface area contributed by atoms with E-state index in [9.17, 15) is 4.79 Å².